The van der Waals surface area contributed by atoms with Crippen LogP contribution in [0.15, 0.2) is 42.9 Å². The molecule has 0 radical (unpaired) electrons. The number of carbonyl (C=O) groups excluding carboxylic acids is 1. The van der Waals surface area contributed by atoms with E-state index in [1.807, 2.05) is 18.2 Å². The minimum absolute atomic E-state index is 0.0473. The predicted molar refractivity (Wildman–Crippen MR) is 93.9 cm³/mol. The van der Waals surface area contributed by atoms with Crippen molar-refractivity contribution in [2.24, 2.45) is 0 Å². The number of nitrogens with one attached hydrogen (secondary N) is 1. The maximum absolute atomic E-state index is 13.7. The number of anilines is 1. The standard InChI is InChI=1S/C19H17F3N4O/c20-14-6-16(17(24-10-14)25-15-7-19(21,22)8-15)18(27)26-5-3-13(11-26)12-2-1-4-23-9-12/h1-4,6,9-10,15H,5,7-8,11H2,(H,24,25). The highest BCUT2D eigenvalue weighted by molar-refractivity contribution is 6.00. The predicted octanol–water partition coefficient (Wildman–Crippen LogP) is 3.36. The van der Waals surface area contributed by atoms with Crippen LogP contribution in [0.25, 0.3) is 5.57 Å². The Labute approximate surface area is 153 Å². The Morgan fingerprint density at radius 2 is 2.11 bits per heavy atom. The second kappa shape index (κ2) is 6.68. The molecule has 0 bridgehead atoms. The summed E-state index contributed by atoms with van der Waals surface area (Å²) in [5, 5.41) is 2.84. The number of aromatic nitrogens is 2. The second-order valence-electron chi connectivity index (χ2n) is 6.81. The van der Waals surface area contributed by atoms with Gasteiger partial charge < -0.3 is 10.2 Å². The fourth-order valence-corrected chi connectivity index (χ4v) is 3.32. The van der Waals surface area contributed by atoms with E-state index in [4.69, 9.17) is 0 Å². The summed E-state index contributed by atoms with van der Waals surface area (Å²) in [5.41, 5.74) is 1.92. The molecule has 140 valence electrons. The highest BCUT2D eigenvalue weighted by Crippen LogP contribution is 2.39. The molecule has 1 aliphatic heterocycles. The quantitative estimate of drug-likeness (QED) is 0.892. The lowest BCUT2D eigenvalue weighted by Crippen LogP contribution is -2.45. The zero-order valence-corrected chi connectivity index (χ0v) is 14.3. The number of amides is 1. The lowest BCUT2D eigenvalue weighted by atomic mass is 9.88. The van der Waals surface area contributed by atoms with E-state index in [0.29, 0.717) is 13.1 Å². The topological polar surface area (TPSA) is 58.1 Å². The van der Waals surface area contributed by atoms with Crippen LogP contribution in [0.3, 0.4) is 0 Å². The molecular formula is C19H17F3N4O. The molecule has 2 aromatic heterocycles. The van der Waals surface area contributed by atoms with Crippen LogP contribution in [0, 0.1) is 5.82 Å². The van der Waals surface area contributed by atoms with Crippen LogP contribution in [-0.2, 0) is 0 Å². The number of halogens is 3. The molecule has 0 saturated heterocycles. The Hall–Kier alpha value is -2.90. The van der Waals surface area contributed by atoms with Crippen molar-refractivity contribution < 1.29 is 18.0 Å². The number of hydrogen-bond donors (Lipinski definition) is 1. The van der Waals surface area contributed by atoms with Gasteiger partial charge in [-0.1, -0.05) is 12.1 Å². The van der Waals surface area contributed by atoms with Gasteiger partial charge in [-0.3, -0.25) is 9.78 Å². The lowest BCUT2D eigenvalue weighted by molar-refractivity contribution is -0.0794. The van der Waals surface area contributed by atoms with Crippen LogP contribution in [0.2, 0.25) is 0 Å². The molecule has 27 heavy (non-hydrogen) atoms. The van der Waals surface area contributed by atoms with Crippen molar-refractivity contribution in [3.8, 4) is 0 Å². The lowest BCUT2D eigenvalue weighted by Gasteiger charge is -2.36. The fraction of sp³-hybridized carbons (Fsp3) is 0.316. The Morgan fingerprint density at radius 1 is 1.30 bits per heavy atom. The first-order valence-corrected chi connectivity index (χ1v) is 8.60. The molecule has 0 spiro atoms. The summed E-state index contributed by atoms with van der Waals surface area (Å²) in [4.78, 5) is 22.4. The van der Waals surface area contributed by atoms with Crippen LogP contribution < -0.4 is 5.32 Å². The molecule has 0 atom stereocenters. The first-order chi connectivity index (χ1) is 12.9. The summed E-state index contributed by atoms with van der Waals surface area (Å²) in [6.07, 6.45) is 5.63. The molecule has 1 fully saturated rings. The highest BCUT2D eigenvalue weighted by atomic mass is 19.3. The Bertz CT molecular complexity index is 893. The molecule has 1 N–H and O–H groups in total. The van der Waals surface area contributed by atoms with Crippen LogP contribution >= 0.6 is 0 Å². The Balaban J connectivity index is 1.50. The number of rotatable bonds is 4. The number of nitrogens with zero attached hydrogens (tertiary/aromatic N) is 3. The van der Waals surface area contributed by atoms with E-state index in [2.05, 4.69) is 15.3 Å². The summed E-state index contributed by atoms with van der Waals surface area (Å²) in [5.74, 6) is -3.61. The van der Waals surface area contributed by atoms with Gasteiger partial charge in [-0.2, -0.15) is 0 Å². The number of alkyl halides is 2. The first-order valence-electron chi connectivity index (χ1n) is 8.60. The second-order valence-corrected chi connectivity index (χ2v) is 6.81. The first kappa shape index (κ1) is 17.5. The summed E-state index contributed by atoms with van der Waals surface area (Å²) >= 11 is 0. The van der Waals surface area contributed by atoms with Gasteiger partial charge in [0.05, 0.1) is 11.8 Å². The van der Waals surface area contributed by atoms with Gasteiger partial charge in [0, 0.05) is 44.4 Å². The minimum atomic E-state index is -2.70. The van der Waals surface area contributed by atoms with E-state index >= 15 is 0 Å². The molecule has 1 saturated carbocycles. The maximum Gasteiger partial charge on any atom is 0.258 e. The minimum Gasteiger partial charge on any atom is -0.366 e. The summed E-state index contributed by atoms with van der Waals surface area (Å²) < 4.78 is 39.8. The molecule has 2 aromatic rings. The van der Waals surface area contributed by atoms with Crippen LogP contribution in [0.5, 0.6) is 0 Å². The van der Waals surface area contributed by atoms with Gasteiger partial charge in [0.1, 0.15) is 11.6 Å². The zero-order chi connectivity index (χ0) is 19.0. The highest BCUT2D eigenvalue weighted by Gasteiger charge is 2.45. The number of carbonyl (C=O) groups is 1. The molecule has 5 nitrogen and oxygen atoms in total. The van der Waals surface area contributed by atoms with Crippen molar-refractivity contribution in [1.82, 2.24) is 14.9 Å². The third-order valence-electron chi connectivity index (χ3n) is 4.75. The van der Waals surface area contributed by atoms with E-state index in [1.54, 1.807) is 17.3 Å². The molecule has 0 unspecified atom stereocenters. The monoisotopic (exact) mass is 374 g/mol. The Kier molecular flexibility index (Phi) is 4.33. The summed E-state index contributed by atoms with van der Waals surface area (Å²) in [7, 11) is 0. The van der Waals surface area contributed by atoms with E-state index in [0.717, 1.165) is 23.4 Å². The average molecular weight is 374 g/mol. The van der Waals surface area contributed by atoms with Crippen molar-refractivity contribution in [2.75, 3.05) is 18.4 Å². The van der Waals surface area contributed by atoms with Crippen molar-refractivity contribution in [2.45, 2.75) is 24.8 Å². The third-order valence-corrected chi connectivity index (χ3v) is 4.75. The van der Waals surface area contributed by atoms with Gasteiger partial charge in [0.15, 0.2) is 0 Å². The van der Waals surface area contributed by atoms with Gasteiger partial charge >= 0.3 is 0 Å². The van der Waals surface area contributed by atoms with Crippen molar-refractivity contribution in [3.05, 3.63) is 59.8 Å². The normalized spacial score (nSPS) is 18.8. The largest absolute Gasteiger partial charge is 0.366 e. The smallest absolute Gasteiger partial charge is 0.258 e. The van der Waals surface area contributed by atoms with Crippen LogP contribution in [-0.4, -0.2) is 45.8 Å². The van der Waals surface area contributed by atoms with Gasteiger partial charge in [-0.25, -0.2) is 18.2 Å². The van der Waals surface area contributed by atoms with Crippen LogP contribution in [0.4, 0.5) is 19.0 Å². The molecular weight excluding hydrogens is 357 g/mol. The average Bonchev–Trinajstić information content (AvgIpc) is 3.12. The SMILES string of the molecule is O=C(c1cc(F)cnc1NC1CC(F)(F)C1)N1CC=C(c2cccnc2)C1. The van der Waals surface area contributed by atoms with Crippen LogP contribution in [0.1, 0.15) is 28.8 Å². The van der Waals surface area contributed by atoms with Gasteiger partial charge in [-0.05, 0) is 23.3 Å². The molecule has 4 rings (SSSR count). The van der Waals surface area contributed by atoms with Crippen molar-refractivity contribution >= 4 is 17.3 Å². The van der Waals surface area contributed by atoms with E-state index in [-0.39, 0.29) is 24.2 Å². The molecule has 0 aromatic carbocycles. The summed E-state index contributed by atoms with van der Waals surface area (Å²) in [6.45, 7) is 0.739. The fourth-order valence-electron chi connectivity index (χ4n) is 3.32. The molecule has 1 aliphatic carbocycles. The van der Waals surface area contributed by atoms with Gasteiger partial charge in [0.25, 0.3) is 11.8 Å². The van der Waals surface area contributed by atoms with E-state index < -0.39 is 23.7 Å². The number of hydrogen-bond acceptors (Lipinski definition) is 4. The number of pyridine rings is 2. The molecule has 1 amide bonds. The third kappa shape index (κ3) is 3.65. The summed E-state index contributed by atoms with van der Waals surface area (Å²) in [6, 6.07) is 4.33. The molecule has 2 aliphatic rings. The van der Waals surface area contributed by atoms with E-state index in [1.165, 1.54) is 0 Å². The van der Waals surface area contributed by atoms with Crippen molar-refractivity contribution in [3.63, 3.8) is 0 Å². The molecule has 3 heterocycles. The van der Waals surface area contributed by atoms with Crippen molar-refractivity contribution in [1.29, 1.82) is 0 Å². The van der Waals surface area contributed by atoms with E-state index in [9.17, 15) is 18.0 Å². The Morgan fingerprint density at radius 3 is 2.81 bits per heavy atom. The van der Waals surface area contributed by atoms with Gasteiger partial charge in [0.2, 0.25) is 0 Å². The molecule has 8 heteroatoms. The maximum atomic E-state index is 13.7. The van der Waals surface area contributed by atoms with Gasteiger partial charge in [-0.15, -0.1) is 0 Å². The zero-order valence-electron chi connectivity index (χ0n) is 14.3.